The lowest BCUT2D eigenvalue weighted by Gasteiger charge is -2.09. The van der Waals surface area contributed by atoms with Gasteiger partial charge in [-0.2, -0.15) is 0 Å². The Morgan fingerprint density at radius 1 is 1.16 bits per heavy atom. The van der Waals surface area contributed by atoms with E-state index in [0.717, 1.165) is 31.0 Å². The number of pyridine rings is 1. The molecule has 2 rings (SSSR count). The molecule has 1 aromatic carbocycles. The number of para-hydroxylation sites is 1. The highest BCUT2D eigenvalue weighted by Crippen LogP contribution is 2.17. The molecule has 0 aliphatic heterocycles. The van der Waals surface area contributed by atoms with Crippen molar-refractivity contribution in [3.63, 3.8) is 0 Å². The number of hydrogen-bond acceptors (Lipinski definition) is 3. The molecule has 0 unspecified atom stereocenters. The zero-order valence-corrected chi connectivity index (χ0v) is 11.5. The normalized spacial score (nSPS) is 10.4. The summed E-state index contributed by atoms with van der Waals surface area (Å²) in [6, 6.07) is 12.3. The quantitative estimate of drug-likeness (QED) is 0.807. The topological polar surface area (TPSA) is 34.1 Å². The predicted octanol–water partition coefficient (Wildman–Crippen LogP) is 2.73. The number of ether oxygens (including phenoxy) is 1. The first-order valence-corrected chi connectivity index (χ1v) is 6.54. The summed E-state index contributed by atoms with van der Waals surface area (Å²) in [6.07, 6.45) is 2.88. The maximum absolute atomic E-state index is 5.34. The van der Waals surface area contributed by atoms with Crippen LogP contribution in [0.3, 0.4) is 0 Å². The van der Waals surface area contributed by atoms with Crippen molar-refractivity contribution >= 4 is 0 Å². The lowest BCUT2D eigenvalue weighted by molar-refractivity contribution is 0.409. The van der Waals surface area contributed by atoms with Gasteiger partial charge < -0.3 is 10.1 Å². The van der Waals surface area contributed by atoms with Crippen LogP contribution in [0.5, 0.6) is 5.75 Å². The first-order chi connectivity index (χ1) is 9.29. The minimum Gasteiger partial charge on any atom is -0.496 e. The molecule has 0 fully saturated rings. The van der Waals surface area contributed by atoms with Crippen molar-refractivity contribution in [2.45, 2.75) is 19.9 Å². The van der Waals surface area contributed by atoms with Gasteiger partial charge in [-0.25, -0.2) is 0 Å². The summed E-state index contributed by atoms with van der Waals surface area (Å²) in [5.74, 6) is 0.960. The third-order valence-electron chi connectivity index (χ3n) is 3.07. The van der Waals surface area contributed by atoms with Crippen LogP contribution in [0.4, 0.5) is 0 Å². The van der Waals surface area contributed by atoms with Crippen molar-refractivity contribution in [1.82, 2.24) is 10.3 Å². The fourth-order valence-electron chi connectivity index (χ4n) is 1.97. The van der Waals surface area contributed by atoms with E-state index in [1.54, 1.807) is 7.11 Å². The van der Waals surface area contributed by atoms with E-state index in [1.165, 1.54) is 11.1 Å². The summed E-state index contributed by atoms with van der Waals surface area (Å²) in [4.78, 5) is 4.28. The molecule has 0 bridgehead atoms. The average Bonchev–Trinajstić information content (AvgIpc) is 2.46. The summed E-state index contributed by atoms with van der Waals surface area (Å²) in [6.45, 7) is 3.77. The van der Waals surface area contributed by atoms with Gasteiger partial charge in [-0.1, -0.05) is 24.3 Å². The number of nitrogens with one attached hydrogen (secondary N) is 1. The number of nitrogens with zero attached hydrogens (tertiary/aromatic N) is 1. The van der Waals surface area contributed by atoms with Crippen LogP contribution in [0.1, 0.15) is 16.8 Å². The Morgan fingerprint density at radius 3 is 2.74 bits per heavy atom. The highest BCUT2D eigenvalue weighted by atomic mass is 16.5. The minimum absolute atomic E-state index is 0.850. The summed E-state index contributed by atoms with van der Waals surface area (Å²) < 4.78 is 5.34. The molecule has 0 aliphatic carbocycles. The SMILES string of the molecule is COc1ccccc1CCNCc1ccc(C)nc1. The van der Waals surface area contributed by atoms with Gasteiger partial charge in [0.15, 0.2) is 0 Å². The molecule has 0 aliphatic rings. The van der Waals surface area contributed by atoms with Crippen molar-refractivity contribution in [2.75, 3.05) is 13.7 Å². The van der Waals surface area contributed by atoms with Crippen LogP contribution in [-0.2, 0) is 13.0 Å². The van der Waals surface area contributed by atoms with Crippen LogP contribution in [-0.4, -0.2) is 18.6 Å². The Labute approximate surface area is 114 Å². The second-order valence-corrected chi connectivity index (χ2v) is 4.55. The van der Waals surface area contributed by atoms with Crippen LogP contribution in [0.25, 0.3) is 0 Å². The fraction of sp³-hybridized carbons (Fsp3) is 0.312. The molecule has 1 aromatic heterocycles. The van der Waals surface area contributed by atoms with Crippen molar-refractivity contribution < 1.29 is 4.74 Å². The fourth-order valence-corrected chi connectivity index (χ4v) is 1.97. The smallest absolute Gasteiger partial charge is 0.122 e. The van der Waals surface area contributed by atoms with E-state index < -0.39 is 0 Å². The summed E-state index contributed by atoms with van der Waals surface area (Å²) >= 11 is 0. The molecule has 0 radical (unpaired) electrons. The standard InChI is InChI=1S/C16H20N2O/c1-13-7-8-14(12-18-13)11-17-10-9-15-5-3-4-6-16(15)19-2/h3-8,12,17H,9-11H2,1-2H3. The predicted molar refractivity (Wildman–Crippen MR) is 77.4 cm³/mol. The Bertz CT molecular complexity index is 508. The van der Waals surface area contributed by atoms with Crippen molar-refractivity contribution in [1.29, 1.82) is 0 Å². The summed E-state index contributed by atoms with van der Waals surface area (Å²) in [5, 5.41) is 3.43. The molecule has 19 heavy (non-hydrogen) atoms. The zero-order chi connectivity index (χ0) is 13.5. The molecule has 1 heterocycles. The number of aryl methyl sites for hydroxylation is 1. The highest BCUT2D eigenvalue weighted by molar-refractivity contribution is 5.33. The Balaban J connectivity index is 1.79. The Hall–Kier alpha value is -1.87. The minimum atomic E-state index is 0.850. The van der Waals surface area contributed by atoms with Crippen LogP contribution >= 0.6 is 0 Å². The molecule has 3 heteroatoms. The number of benzene rings is 1. The highest BCUT2D eigenvalue weighted by Gasteiger charge is 2.00. The lowest BCUT2D eigenvalue weighted by Crippen LogP contribution is -2.17. The third-order valence-corrected chi connectivity index (χ3v) is 3.07. The molecule has 0 saturated heterocycles. The molecule has 0 spiro atoms. The van der Waals surface area contributed by atoms with Gasteiger partial charge in [-0.3, -0.25) is 4.98 Å². The van der Waals surface area contributed by atoms with E-state index in [0.29, 0.717) is 0 Å². The second-order valence-electron chi connectivity index (χ2n) is 4.55. The number of rotatable bonds is 6. The zero-order valence-electron chi connectivity index (χ0n) is 11.5. The first kappa shape index (κ1) is 13.6. The molecule has 100 valence electrons. The molecule has 3 nitrogen and oxygen atoms in total. The maximum Gasteiger partial charge on any atom is 0.122 e. The van der Waals surface area contributed by atoms with Gasteiger partial charge in [-0.05, 0) is 43.1 Å². The van der Waals surface area contributed by atoms with Gasteiger partial charge in [0.25, 0.3) is 0 Å². The Morgan fingerprint density at radius 2 is 2.00 bits per heavy atom. The van der Waals surface area contributed by atoms with E-state index in [2.05, 4.69) is 22.4 Å². The molecule has 0 amide bonds. The van der Waals surface area contributed by atoms with Crippen LogP contribution < -0.4 is 10.1 Å². The van der Waals surface area contributed by atoms with E-state index >= 15 is 0 Å². The van der Waals surface area contributed by atoms with Gasteiger partial charge in [0.2, 0.25) is 0 Å². The summed E-state index contributed by atoms with van der Waals surface area (Å²) in [5.41, 5.74) is 3.50. The monoisotopic (exact) mass is 256 g/mol. The van der Waals surface area contributed by atoms with Gasteiger partial charge in [-0.15, -0.1) is 0 Å². The second kappa shape index (κ2) is 6.90. The number of hydrogen-bond donors (Lipinski definition) is 1. The molecule has 0 saturated carbocycles. The van der Waals surface area contributed by atoms with Crippen molar-refractivity contribution in [2.24, 2.45) is 0 Å². The molecular weight excluding hydrogens is 236 g/mol. The Kier molecular flexibility index (Phi) is 4.93. The van der Waals surface area contributed by atoms with Crippen LogP contribution in [0.15, 0.2) is 42.6 Å². The summed E-state index contributed by atoms with van der Waals surface area (Å²) in [7, 11) is 1.71. The van der Waals surface area contributed by atoms with E-state index in [1.807, 2.05) is 37.4 Å². The van der Waals surface area contributed by atoms with Gasteiger partial charge in [0.1, 0.15) is 5.75 Å². The molecular formula is C16H20N2O. The van der Waals surface area contributed by atoms with E-state index in [-0.39, 0.29) is 0 Å². The van der Waals surface area contributed by atoms with Crippen LogP contribution in [0.2, 0.25) is 0 Å². The van der Waals surface area contributed by atoms with E-state index in [9.17, 15) is 0 Å². The molecule has 1 N–H and O–H groups in total. The van der Waals surface area contributed by atoms with Crippen LogP contribution in [0, 0.1) is 6.92 Å². The lowest BCUT2D eigenvalue weighted by atomic mass is 10.1. The average molecular weight is 256 g/mol. The number of methoxy groups -OCH3 is 1. The first-order valence-electron chi connectivity index (χ1n) is 6.54. The third kappa shape index (κ3) is 4.07. The molecule has 2 aromatic rings. The van der Waals surface area contributed by atoms with Gasteiger partial charge in [0, 0.05) is 18.4 Å². The number of aromatic nitrogens is 1. The maximum atomic E-state index is 5.34. The van der Waals surface area contributed by atoms with Gasteiger partial charge >= 0.3 is 0 Å². The van der Waals surface area contributed by atoms with E-state index in [4.69, 9.17) is 4.74 Å². The molecule has 0 atom stereocenters. The van der Waals surface area contributed by atoms with Crippen molar-refractivity contribution in [3.05, 3.63) is 59.4 Å². The largest absolute Gasteiger partial charge is 0.496 e. The van der Waals surface area contributed by atoms with Gasteiger partial charge in [0.05, 0.1) is 7.11 Å². The van der Waals surface area contributed by atoms with Crippen molar-refractivity contribution in [3.8, 4) is 5.75 Å².